The van der Waals surface area contributed by atoms with Gasteiger partial charge in [-0.3, -0.25) is 14.3 Å². The Labute approximate surface area is 264 Å². The minimum atomic E-state index is -3.10. The number of esters is 2. The Morgan fingerprint density at radius 1 is 1.11 bits per heavy atom. The van der Waals surface area contributed by atoms with Gasteiger partial charge in [-0.05, 0) is 53.6 Å². The minimum Gasteiger partial charge on any atom is -0.489 e. The lowest BCUT2D eigenvalue weighted by Crippen LogP contribution is -2.33. The highest BCUT2D eigenvalue weighted by Gasteiger charge is 2.27. The maximum absolute atomic E-state index is 13.3. The Hall–Kier alpha value is -3.36. The van der Waals surface area contributed by atoms with Crippen molar-refractivity contribution in [2.24, 2.45) is 5.92 Å². The van der Waals surface area contributed by atoms with Crippen LogP contribution in [0.1, 0.15) is 46.0 Å². The van der Waals surface area contributed by atoms with Gasteiger partial charge in [-0.1, -0.05) is 47.5 Å². The van der Waals surface area contributed by atoms with Crippen molar-refractivity contribution in [2.45, 2.75) is 38.5 Å². The highest BCUT2D eigenvalue weighted by Crippen LogP contribution is 2.38. The van der Waals surface area contributed by atoms with E-state index in [0.29, 0.717) is 29.2 Å². The first kappa shape index (κ1) is 33.5. The molecule has 3 aromatic rings. The van der Waals surface area contributed by atoms with Crippen LogP contribution in [0, 0.1) is 5.92 Å². The van der Waals surface area contributed by atoms with Crippen LogP contribution in [-0.2, 0) is 38.5 Å². The number of carbonyl (C=O) groups excluding carboxylic acids is 2. The fourth-order valence-electron chi connectivity index (χ4n) is 4.23. The van der Waals surface area contributed by atoms with Crippen molar-refractivity contribution >= 4 is 46.4 Å². The van der Waals surface area contributed by atoms with Crippen LogP contribution in [0.25, 0.3) is 0 Å². The molecule has 236 valence electrons. The van der Waals surface area contributed by atoms with E-state index in [1.807, 2.05) is 0 Å². The number of aromatic nitrogens is 1. The van der Waals surface area contributed by atoms with Gasteiger partial charge in [-0.15, -0.1) is 0 Å². The second-order valence-electron chi connectivity index (χ2n) is 9.78. The molecular formula is C29H28Cl2F2N2O8S. The molecule has 2 atom stereocenters. The molecule has 0 saturated heterocycles. The number of methoxy groups -OCH3 is 1. The zero-order valence-corrected chi connectivity index (χ0v) is 25.6. The van der Waals surface area contributed by atoms with Gasteiger partial charge in [0, 0.05) is 25.4 Å². The summed E-state index contributed by atoms with van der Waals surface area (Å²) in [5.74, 6) is -1.43. The van der Waals surface area contributed by atoms with E-state index in [1.165, 1.54) is 43.8 Å². The Bertz CT molecular complexity index is 1490. The van der Waals surface area contributed by atoms with Gasteiger partial charge in [0.2, 0.25) is 11.3 Å². The van der Waals surface area contributed by atoms with Crippen molar-refractivity contribution in [1.82, 2.24) is 9.29 Å². The smallest absolute Gasteiger partial charge is 0.387 e. The summed E-state index contributed by atoms with van der Waals surface area (Å²) in [7, 11) is 1.20. The molecule has 1 heterocycles. The number of rotatable bonds is 15. The van der Waals surface area contributed by atoms with E-state index in [1.54, 1.807) is 18.2 Å². The summed E-state index contributed by atoms with van der Waals surface area (Å²) in [6.45, 7) is -3.74. The normalized spacial score (nSPS) is 14.3. The van der Waals surface area contributed by atoms with Gasteiger partial charge >= 0.3 is 18.6 Å². The molecule has 0 radical (unpaired) electrons. The quantitative estimate of drug-likeness (QED) is 0.152. The SMILES string of the molecule is COC(=O)c1ccccc1CN(CC(=O)O[C@@H](Cc1c(Cl)cncc1Cl)c1ccc(OC(F)F)c(OCC2CC2)c1)S(=O)O. The number of hydrogen-bond donors (Lipinski definition) is 1. The molecule has 1 aliphatic rings. The molecule has 1 unspecified atom stereocenters. The van der Waals surface area contributed by atoms with Gasteiger partial charge in [-0.2, -0.15) is 13.1 Å². The molecule has 1 N–H and O–H groups in total. The minimum absolute atomic E-state index is 0.0279. The van der Waals surface area contributed by atoms with Gasteiger partial charge in [0.05, 0.1) is 29.3 Å². The van der Waals surface area contributed by atoms with Crippen LogP contribution in [0.5, 0.6) is 11.5 Å². The Kier molecular flexibility index (Phi) is 11.9. The molecule has 1 aliphatic carbocycles. The second kappa shape index (κ2) is 15.6. The molecule has 0 bridgehead atoms. The molecule has 44 heavy (non-hydrogen) atoms. The number of pyridine rings is 1. The van der Waals surface area contributed by atoms with Crippen molar-refractivity contribution in [2.75, 3.05) is 20.3 Å². The van der Waals surface area contributed by atoms with Crippen LogP contribution in [0.15, 0.2) is 54.9 Å². The van der Waals surface area contributed by atoms with E-state index in [2.05, 4.69) is 9.72 Å². The van der Waals surface area contributed by atoms with E-state index in [0.717, 1.165) is 17.1 Å². The lowest BCUT2D eigenvalue weighted by atomic mass is 10.0. The van der Waals surface area contributed by atoms with Crippen molar-refractivity contribution in [1.29, 1.82) is 0 Å². The van der Waals surface area contributed by atoms with Gasteiger partial charge in [0.25, 0.3) is 0 Å². The number of carbonyl (C=O) groups is 2. The zero-order valence-electron chi connectivity index (χ0n) is 23.3. The zero-order chi connectivity index (χ0) is 31.8. The van der Waals surface area contributed by atoms with Crippen LogP contribution < -0.4 is 9.47 Å². The summed E-state index contributed by atoms with van der Waals surface area (Å²) >= 11 is 10.0. The van der Waals surface area contributed by atoms with E-state index in [9.17, 15) is 27.1 Å². The molecule has 10 nitrogen and oxygen atoms in total. The lowest BCUT2D eigenvalue weighted by Gasteiger charge is -2.23. The predicted octanol–water partition coefficient (Wildman–Crippen LogP) is 6.03. The first-order valence-electron chi connectivity index (χ1n) is 13.3. The van der Waals surface area contributed by atoms with Crippen molar-refractivity contribution in [3.05, 3.63) is 87.2 Å². The number of benzene rings is 2. The fraction of sp³-hybridized carbons (Fsp3) is 0.345. The highest BCUT2D eigenvalue weighted by molar-refractivity contribution is 7.76. The lowest BCUT2D eigenvalue weighted by molar-refractivity contribution is -0.149. The fourth-order valence-corrected chi connectivity index (χ4v) is 5.22. The largest absolute Gasteiger partial charge is 0.489 e. The van der Waals surface area contributed by atoms with Crippen LogP contribution in [0.3, 0.4) is 0 Å². The number of nitrogens with zero attached hydrogens (tertiary/aromatic N) is 2. The summed E-state index contributed by atoms with van der Waals surface area (Å²) in [5.41, 5.74) is 1.23. The molecule has 1 aromatic heterocycles. The molecular weight excluding hydrogens is 645 g/mol. The Morgan fingerprint density at radius 2 is 1.82 bits per heavy atom. The first-order valence-corrected chi connectivity index (χ1v) is 15.1. The summed E-state index contributed by atoms with van der Waals surface area (Å²) < 4.78 is 70.2. The average Bonchev–Trinajstić information content (AvgIpc) is 3.82. The molecule has 2 aromatic carbocycles. The maximum Gasteiger partial charge on any atom is 0.387 e. The third kappa shape index (κ3) is 9.32. The molecule has 0 spiro atoms. The maximum atomic E-state index is 13.3. The molecule has 0 aliphatic heterocycles. The first-order chi connectivity index (χ1) is 21.0. The summed E-state index contributed by atoms with van der Waals surface area (Å²) in [6, 6.07) is 10.4. The predicted molar refractivity (Wildman–Crippen MR) is 157 cm³/mol. The molecule has 4 rings (SSSR count). The second-order valence-corrected chi connectivity index (χ2v) is 11.6. The van der Waals surface area contributed by atoms with Crippen molar-refractivity contribution in [3.63, 3.8) is 0 Å². The van der Waals surface area contributed by atoms with Gasteiger partial charge in [-0.25, -0.2) is 9.00 Å². The third-order valence-corrected chi connectivity index (χ3v) is 7.99. The highest BCUT2D eigenvalue weighted by atomic mass is 35.5. The standard InChI is InChI=1S/C29H28Cl2F2N2O8S/c1-40-28(37)20-5-3-2-4-19(20)14-35(44(38)39)15-27(36)42-25(11-21-22(30)12-34-13-23(21)31)18-8-9-24(43-29(32)33)26(10-18)41-16-17-6-7-17/h2-5,8-10,12-13,17,25,29H,6-7,11,14-16H2,1H3,(H,38,39)/t25-/m0/s1. The third-order valence-electron chi connectivity index (χ3n) is 6.64. The Morgan fingerprint density at radius 3 is 2.45 bits per heavy atom. The van der Waals surface area contributed by atoms with Gasteiger partial charge in [0.15, 0.2) is 11.5 Å². The van der Waals surface area contributed by atoms with Gasteiger partial charge in [0.1, 0.15) is 12.6 Å². The van der Waals surface area contributed by atoms with E-state index in [-0.39, 0.29) is 40.1 Å². The van der Waals surface area contributed by atoms with Crippen molar-refractivity contribution in [3.8, 4) is 11.5 Å². The number of halogens is 4. The Balaban J connectivity index is 1.61. The monoisotopic (exact) mass is 672 g/mol. The number of hydrogen-bond acceptors (Lipinski definition) is 8. The van der Waals surface area contributed by atoms with Crippen LogP contribution in [0.4, 0.5) is 8.78 Å². The summed E-state index contributed by atoms with van der Waals surface area (Å²) in [6.07, 6.45) is 3.48. The average molecular weight is 674 g/mol. The van der Waals surface area contributed by atoms with Crippen LogP contribution >= 0.6 is 23.2 Å². The van der Waals surface area contributed by atoms with Crippen LogP contribution in [-0.4, -0.2) is 56.9 Å². The van der Waals surface area contributed by atoms with Crippen LogP contribution in [0.2, 0.25) is 10.0 Å². The number of ether oxygens (including phenoxy) is 4. The molecule has 0 amide bonds. The summed E-state index contributed by atoms with van der Waals surface area (Å²) in [4.78, 5) is 29.4. The van der Waals surface area contributed by atoms with E-state index >= 15 is 0 Å². The molecule has 1 fully saturated rings. The van der Waals surface area contributed by atoms with Crippen molar-refractivity contribution < 1.29 is 46.1 Å². The van der Waals surface area contributed by atoms with E-state index < -0.39 is 42.5 Å². The van der Waals surface area contributed by atoms with E-state index in [4.69, 9.17) is 37.4 Å². The van der Waals surface area contributed by atoms with Gasteiger partial charge < -0.3 is 18.9 Å². The molecule has 1 saturated carbocycles. The number of alkyl halides is 2. The summed E-state index contributed by atoms with van der Waals surface area (Å²) in [5, 5.41) is 0.387. The topological polar surface area (TPSA) is 124 Å². The molecule has 15 heteroatoms.